The van der Waals surface area contributed by atoms with Crippen LogP contribution in [0, 0.1) is 6.92 Å². The topological polar surface area (TPSA) is 75.3 Å². The van der Waals surface area contributed by atoms with Gasteiger partial charge in [0, 0.05) is 40.6 Å². The number of aromatic nitrogens is 2. The van der Waals surface area contributed by atoms with Gasteiger partial charge in [0.15, 0.2) is 0 Å². The van der Waals surface area contributed by atoms with Crippen LogP contribution in [0.2, 0.25) is 0 Å². The number of esters is 1. The van der Waals surface area contributed by atoms with E-state index in [4.69, 9.17) is 4.74 Å². The molecule has 1 aliphatic heterocycles. The highest BCUT2D eigenvalue weighted by atomic mass is 79.9. The predicted molar refractivity (Wildman–Crippen MR) is 109 cm³/mol. The first-order chi connectivity index (χ1) is 13.5. The molecule has 7 heteroatoms. The number of nitrogens with one attached hydrogen (secondary N) is 1. The molecular weight excluding hydrogens is 422 g/mol. The van der Waals surface area contributed by atoms with E-state index in [0.717, 1.165) is 27.4 Å². The average Bonchev–Trinajstić information content (AvgIpc) is 3.07. The molecule has 0 saturated carbocycles. The summed E-state index contributed by atoms with van der Waals surface area (Å²) >= 11 is 3.58. The molecule has 1 aromatic carbocycles. The molecule has 0 spiro atoms. The summed E-state index contributed by atoms with van der Waals surface area (Å²) in [6.45, 7) is 4.93. The number of hydrogen-bond acceptors (Lipinski definition) is 4. The fraction of sp³-hybridized carbons (Fsp3) is 0.286. The number of para-hydroxylation sites is 1. The third kappa shape index (κ3) is 3.20. The van der Waals surface area contributed by atoms with Gasteiger partial charge >= 0.3 is 5.97 Å². The number of hydrogen-bond donors (Lipinski definition) is 1. The van der Waals surface area contributed by atoms with Crippen LogP contribution in [-0.2, 0) is 17.7 Å². The third-order valence-corrected chi connectivity index (χ3v) is 5.71. The molecule has 1 amide bonds. The number of aromatic amines is 1. The van der Waals surface area contributed by atoms with Gasteiger partial charge in [-0.3, -0.25) is 4.79 Å². The first-order valence-corrected chi connectivity index (χ1v) is 10.0. The molecule has 0 radical (unpaired) electrons. The number of H-pyrrole nitrogens is 1. The maximum Gasteiger partial charge on any atom is 0.339 e. The van der Waals surface area contributed by atoms with Crippen LogP contribution in [0.5, 0.6) is 0 Å². The number of ether oxygens (including phenoxy) is 1. The second-order valence-electron chi connectivity index (χ2n) is 6.77. The zero-order valence-electron chi connectivity index (χ0n) is 15.7. The number of carbonyl (C=O) groups is 2. The van der Waals surface area contributed by atoms with Crippen LogP contribution in [0.4, 0.5) is 0 Å². The molecule has 1 N–H and O–H groups in total. The Bertz CT molecular complexity index is 1090. The number of halogens is 1. The molecule has 2 aromatic heterocycles. The van der Waals surface area contributed by atoms with Crippen molar-refractivity contribution in [3.63, 3.8) is 0 Å². The van der Waals surface area contributed by atoms with E-state index in [9.17, 15) is 9.59 Å². The van der Waals surface area contributed by atoms with Crippen molar-refractivity contribution < 1.29 is 14.3 Å². The van der Waals surface area contributed by atoms with Crippen molar-refractivity contribution in [2.45, 2.75) is 26.8 Å². The summed E-state index contributed by atoms with van der Waals surface area (Å²) < 4.78 is 6.04. The van der Waals surface area contributed by atoms with Gasteiger partial charge in [0.1, 0.15) is 5.69 Å². The van der Waals surface area contributed by atoms with Crippen molar-refractivity contribution in [3.8, 4) is 0 Å². The standard InChI is InChI=1S/C21H20BrN3O3/c1-3-28-21(27)13-7-8-18(23-12(13)2)20(26)25-10-9-17-15(11-25)14-5-4-6-16(22)19(14)24-17/h4-8,24H,3,9-11H2,1-2H3. The van der Waals surface area contributed by atoms with E-state index in [2.05, 4.69) is 32.0 Å². The van der Waals surface area contributed by atoms with Crippen LogP contribution in [-0.4, -0.2) is 39.9 Å². The summed E-state index contributed by atoms with van der Waals surface area (Å²) in [7, 11) is 0. The Labute approximate surface area is 171 Å². The highest BCUT2D eigenvalue weighted by Crippen LogP contribution is 2.32. The number of pyridine rings is 1. The second kappa shape index (κ2) is 7.39. The molecule has 0 atom stereocenters. The molecule has 0 aliphatic carbocycles. The third-order valence-electron chi connectivity index (χ3n) is 5.05. The first-order valence-electron chi connectivity index (χ1n) is 9.21. The van der Waals surface area contributed by atoms with E-state index in [0.29, 0.717) is 36.6 Å². The van der Waals surface area contributed by atoms with E-state index in [1.54, 1.807) is 26.0 Å². The minimum absolute atomic E-state index is 0.131. The van der Waals surface area contributed by atoms with Gasteiger partial charge in [-0.25, -0.2) is 9.78 Å². The maximum atomic E-state index is 13.0. The van der Waals surface area contributed by atoms with Crippen LogP contribution in [0.15, 0.2) is 34.8 Å². The molecular formula is C21H20BrN3O3. The lowest BCUT2D eigenvalue weighted by atomic mass is 10.0. The summed E-state index contributed by atoms with van der Waals surface area (Å²) in [4.78, 5) is 34.6. The number of nitrogens with zero attached hydrogens (tertiary/aromatic N) is 2. The highest BCUT2D eigenvalue weighted by Gasteiger charge is 2.26. The van der Waals surface area contributed by atoms with Gasteiger partial charge in [-0.2, -0.15) is 0 Å². The van der Waals surface area contributed by atoms with Crippen molar-refractivity contribution in [2.75, 3.05) is 13.2 Å². The fourth-order valence-corrected chi connectivity index (χ4v) is 4.11. The van der Waals surface area contributed by atoms with E-state index >= 15 is 0 Å². The van der Waals surface area contributed by atoms with Crippen LogP contribution in [0.25, 0.3) is 10.9 Å². The van der Waals surface area contributed by atoms with E-state index in [1.807, 2.05) is 17.0 Å². The van der Waals surface area contributed by atoms with E-state index < -0.39 is 5.97 Å². The van der Waals surface area contributed by atoms with Gasteiger partial charge in [-0.15, -0.1) is 0 Å². The Hall–Kier alpha value is -2.67. The number of amides is 1. The van der Waals surface area contributed by atoms with Crippen molar-refractivity contribution in [2.24, 2.45) is 0 Å². The maximum absolute atomic E-state index is 13.0. The zero-order chi connectivity index (χ0) is 19.8. The summed E-state index contributed by atoms with van der Waals surface area (Å²) in [5.74, 6) is -0.549. The molecule has 4 rings (SSSR count). The van der Waals surface area contributed by atoms with Gasteiger partial charge in [-0.1, -0.05) is 12.1 Å². The van der Waals surface area contributed by atoms with Crippen molar-refractivity contribution in [3.05, 3.63) is 63.0 Å². The van der Waals surface area contributed by atoms with Crippen molar-refractivity contribution in [1.29, 1.82) is 0 Å². The Morgan fingerprint density at radius 3 is 2.86 bits per heavy atom. The van der Waals surface area contributed by atoms with Crippen LogP contribution in [0.3, 0.4) is 0 Å². The lowest BCUT2D eigenvalue weighted by Crippen LogP contribution is -2.36. The number of carbonyl (C=O) groups excluding carboxylic acids is 2. The normalized spacial score (nSPS) is 13.5. The molecule has 3 aromatic rings. The lowest BCUT2D eigenvalue weighted by Gasteiger charge is -2.27. The van der Waals surface area contributed by atoms with Crippen LogP contribution >= 0.6 is 15.9 Å². The van der Waals surface area contributed by atoms with Gasteiger partial charge in [-0.05, 0) is 48.0 Å². The van der Waals surface area contributed by atoms with Crippen molar-refractivity contribution >= 4 is 38.7 Å². The Kier molecular flexibility index (Phi) is 4.93. The van der Waals surface area contributed by atoms with Crippen molar-refractivity contribution in [1.82, 2.24) is 14.9 Å². The van der Waals surface area contributed by atoms with Crippen LogP contribution < -0.4 is 0 Å². The first kappa shape index (κ1) is 18.7. The minimum Gasteiger partial charge on any atom is -0.462 e. The molecule has 28 heavy (non-hydrogen) atoms. The Morgan fingerprint density at radius 1 is 1.29 bits per heavy atom. The largest absolute Gasteiger partial charge is 0.462 e. The predicted octanol–water partition coefficient (Wildman–Crippen LogP) is 4.01. The monoisotopic (exact) mass is 441 g/mol. The quantitative estimate of drug-likeness (QED) is 0.622. The van der Waals surface area contributed by atoms with E-state index in [-0.39, 0.29) is 5.91 Å². The SMILES string of the molecule is CCOC(=O)c1ccc(C(=O)N2CCc3[nH]c4c(Br)cccc4c3C2)nc1C. The Morgan fingerprint density at radius 2 is 2.11 bits per heavy atom. The molecule has 0 unspecified atom stereocenters. The van der Waals surface area contributed by atoms with Gasteiger partial charge in [0.05, 0.1) is 23.4 Å². The molecule has 0 fully saturated rings. The molecule has 1 aliphatic rings. The number of aryl methyl sites for hydroxylation is 1. The summed E-state index contributed by atoms with van der Waals surface area (Å²) in [5.41, 5.74) is 4.62. The second-order valence-corrected chi connectivity index (χ2v) is 7.63. The average molecular weight is 442 g/mol. The van der Waals surface area contributed by atoms with Crippen LogP contribution in [0.1, 0.15) is 44.7 Å². The number of fused-ring (bicyclic) bond motifs is 3. The fourth-order valence-electron chi connectivity index (χ4n) is 3.64. The molecule has 0 bridgehead atoms. The summed E-state index contributed by atoms with van der Waals surface area (Å²) in [6.07, 6.45) is 0.766. The lowest BCUT2D eigenvalue weighted by molar-refractivity contribution is 0.0524. The Balaban J connectivity index is 1.60. The van der Waals surface area contributed by atoms with Gasteiger partial charge in [0.2, 0.25) is 0 Å². The highest BCUT2D eigenvalue weighted by molar-refractivity contribution is 9.10. The zero-order valence-corrected chi connectivity index (χ0v) is 17.3. The molecule has 144 valence electrons. The summed E-state index contributed by atoms with van der Waals surface area (Å²) in [5, 5.41) is 1.13. The molecule has 3 heterocycles. The van der Waals surface area contributed by atoms with Gasteiger partial charge < -0.3 is 14.6 Å². The minimum atomic E-state index is -0.418. The number of benzene rings is 1. The molecule has 6 nitrogen and oxygen atoms in total. The molecule has 0 saturated heterocycles. The smallest absolute Gasteiger partial charge is 0.339 e. The van der Waals surface area contributed by atoms with E-state index in [1.165, 1.54) is 5.69 Å². The number of rotatable bonds is 3. The summed E-state index contributed by atoms with van der Waals surface area (Å²) in [6, 6.07) is 9.29. The van der Waals surface area contributed by atoms with Gasteiger partial charge in [0.25, 0.3) is 5.91 Å².